The van der Waals surface area contributed by atoms with E-state index in [-0.39, 0.29) is 36.3 Å². The van der Waals surface area contributed by atoms with Crippen molar-refractivity contribution in [1.29, 1.82) is 0 Å². The summed E-state index contributed by atoms with van der Waals surface area (Å²) in [5, 5.41) is 0. The fourth-order valence-corrected chi connectivity index (χ4v) is 4.71. The first kappa shape index (κ1) is 18.3. The standard InChI is InChI=1S/C20H20FNO4S/c21-18-4-2-1-3-17(18)19-13-22(11-12-26-19)27(24,25)16-9-7-15(8-10-16)20(23)14-5-6-14/h1-4,7-10,14,19H,5-6,11-13H2. The second-order valence-electron chi connectivity index (χ2n) is 6.91. The van der Waals surface area contributed by atoms with Crippen molar-refractivity contribution in [3.8, 4) is 0 Å². The minimum absolute atomic E-state index is 0.0476. The molecular formula is C20H20FNO4S. The SMILES string of the molecule is O=C(c1ccc(S(=O)(=O)N2CCOC(c3ccccc3F)C2)cc1)C1CC1. The highest BCUT2D eigenvalue weighted by atomic mass is 32.2. The Hall–Kier alpha value is -2.09. The lowest BCUT2D eigenvalue weighted by Gasteiger charge is -2.32. The highest BCUT2D eigenvalue weighted by Gasteiger charge is 2.33. The van der Waals surface area contributed by atoms with E-state index in [4.69, 9.17) is 4.74 Å². The van der Waals surface area contributed by atoms with Crippen molar-refractivity contribution in [3.63, 3.8) is 0 Å². The van der Waals surface area contributed by atoms with Crippen molar-refractivity contribution < 1.29 is 22.3 Å². The van der Waals surface area contributed by atoms with E-state index in [0.29, 0.717) is 11.1 Å². The monoisotopic (exact) mass is 389 g/mol. The summed E-state index contributed by atoms with van der Waals surface area (Å²) < 4.78 is 46.9. The van der Waals surface area contributed by atoms with Crippen LogP contribution in [0.4, 0.5) is 4.39 Å². The largest absolute Gasteiger partial charge is 0.371 e. The highest BCUT2D eigenvalue weighted by Crippen LogP contribution is 2.33. The molecule has 0 N–H and O–H groups in total. The predicted molar refractivity (Wildman–Crippen MR) is 97.3 cm³/mol. The quantitative estimate of drug-likeness (QED) is 0.737. The van der Waals surface area contributed by atoms with Gasteiger partial charge >= 0.3 is 0 Å². The third kappa shape index (κ3) is 3.67. The van der Waals surface area contributed by atoms with E-state index in [1.54, 1.807) is 30.3 Å². The topological polar surface area (TPSA) is 63.7 Å². The Morgan fingerprint density at radius 2 is 1.78 bits per heavy atom. The minimum Gasteiger partial charge on any atom is -0.371 e. The molecule has 2 aliphatic rings. The third-order valence-corrected chi connectivity index (χ3v) is 6.89. The second kappa shape index (κ2) is 7.14. The van der Waals surface area contributed by atoms with Crippen molar-refractivity contribution in [1.82, 2.24) is 4.31 Å². The van der Waals surface area contributed by atoms with Crippen LogP contribution in [-0.4, -0.2) is 38.2 Å². The maximum absolute atomic E-state index is 14.0. The maximum atomic E-state index is 14.0. The second-order valence-corrected chi connectivity index (χ2v) is 8.84. The Morgan fingerprint density at radius 1 is 1.07 bits per heavy atom. The van der Waals surface area contributed by atoms with Crippen molar-refractivity contribution >= 4 is 15.8 Å². The molecule has 1 saturated carbocycles. The van der Waals surface area contributed by atoms with Gasteiger partial charge in [-0.3, -0.25) is 4.79 Å². The van der Waals surface area contributed by atoms with E-state index in [9.17, 15) is 17.6 Å². The summed E-state index contributed by atoms with van der Waals surface area (Å²) in [6.07, 6.45) is 1.17. The average Bonchev–Trinajstić information content (AvgIpc) is 3.53. The van der Waals surface area contributed by atoms with E-state index >= 15 is 0 Å². The number of Topliss-reactive ketones (excluding diaryl/α,β-unsaturated/α-hetero) is 1. The van der Waals surface area contributed by atoms with E-state index in [0.717, 1.165) is 12.8 Å². The summed E-state index contributed by atoms with van der Waals surface area (Å²) in [6, 6.07) is 12.3. The number of nitrogens with zero attached hydrogens (tertiary/aromatic N) is 1. The van der Waals surface area contributed by atoms with E-state index in [1.807, 2.05) is 0 Å². The number of ether oxygens (including phenoxy) is 1. The Kier molecular flexibility index (Phi) is 4.84. The summed E-state index contributed by atoms with van der Waals surface area (Å²) in [4.78, 5) is 12.2. The van der Waals surface area contributed by atoms with E-state index < -0.39 is 21.9 Å². The first-order valence-electron chi connectivity index (χ1n) is 8.97. The van der Waals surface area contributed by atoms with Crippen molar-refractivity contribution in [2.45, 2.75) is 23.8 Å². The molecule has 1 unspecified atom stereocenters. The van der Waals surface area contributed by atoms with Crippen LogP contribution in [-0.2, 0) is 14.8 Å². The molecule has 0 aromatic heterocycles. The fourth-order valence-electron chi connectivity index (χ4n) is 3.29. The maximum Gasteiger partial charge on any atom is 0.243 e. The first-order chi connectivity index (χ1) is 13.0. The van der Waals surface area contributed by atoms with Crippen molar-refractivity contribution in [2.75, 3.05) is 19.7 Å². The van der Waals surface area contributed by atoms with Gasteiger partial charge in [-0.2, -0.15) is 4.31 Å². The molecule has 1 saturated heterocycles. The molecule has 1 aliphatic carbocycles. The predicted octanol–water partition coefficient (Wildman–Crippen LogP) is 3.18. The van der Waals surface area contributed by atoms with Crippen molar-refractivity contribution in [2.24, 2.45) is 5.92 Å². The Balaban J connectivity index is 1.54. The molecule has 7 heteroatoms. The Morgan fingerprint density at radius 3 is 2.44 bits per heavy atom. The Bertz CT molecular complexity index is 954. The van der Waals surface area contributed by atoms with Crippen LogP contribution in [0, 0.1) is 11.7 Å². The highest BCUT2D eigenvalue weighted by molar-refractivity contribution is 7.89. The molecule has 1 aliphatic heterocycles. The molecule has 0 radical (unpaired) electrons. The number of ketones is 1. The lowest BCUT2D eigenvalue weighted by molar-refractivity contribution is -0.00442. The zero-order valence-electron chi connectivity index (χ0n) is 14.7. The number of morpholine rings is 1. The zero-order chi connectivity index (χ0) is 19.0. The summed E-state index contributed by atoms with van der Waals surface area (Å²) in [7, 11) is -3.74. The molecule has 4 rings (SSSR count). The van der Waals surface area contributed by atoms with Crippen LogP contribution in [0.15, 0.2) is 53.4 Å². The lowest BCUT2D eigenvalue weighted by Crippen LogP contribution is -2.42. The number of sulfonamides is 1. The average molecular weight is 389 g/mol. The van der Waals surface area contributed by atoms with Crippen LogP contribution >= 0.6 is 0 Å². The van der Waals surface area contributed by atoms with Gasteiger partial charge in [-0.25, -0.2) is 12.8 Å². The normalized spacial score (nSPS) is 21.1. The van der Waals surface area contributed by atoms with Gasteiger partial charge in [0.1, 0.15) is 5.82 Å². The van der Waals surface area contributed by atoms with Gasteiger partial charge < -0.3 is 4.74 Å². The van der Waals surface area contributed by atoms with Crippen LogP contribution in [0.3, 0.4) is 0 Å². The van der Waals surface area contributed by atoms with E-state index in [2.05, 4.69) is 0 Å². The van der Waals surface area contributed by atoms with Crippen LogP contribution in [0.2, 0.25) is 0 Å². The minimum atomic E-state index is -3.74. The first-order valence-corrected chi connectivity index (χ1v) is 10.4. The Labute approximate surface area is 157 Å². The van der Waals surface area contributed by atoms with Gasteiger partial charge in [0.15, 0.2) is 5.78 Å². The van der Waals surface area contributed by atoms with Crippen LogP contribution in [0.5, 0.6) is 0 Å². The summed E-state index contributed by atoms with van der Waals surface area (Å²) >= 11 is 0. The van der Waals surface area contributed by atoms with Gasteiger partial charge in [0.25, 0.3) is 0 Å². The van der Waals surface area contributed by atoms with Crippen LogP contribution in [0.1, 0.15) is 34.9 Å². The van der Waals surface area contributed by atoms with Crippen LogP contribution < -0.4 is 0 Å². The number of hydrogen-bond acceptors (Lipinski definition) is 4. The van der Waals surface area contributed by atoms with Gasteiger partial charge in [0, 0.05) is 30.1 Å². The molecule has 2 aromatic carbocycles. The summed E-state index contributed by atoms with van der Waals surface area (Å²) in [5.74, 6) is -0.247. The molecular weight excluding hydrogens is 369 g/mol. The van der Waals surface area contributed by atoms with Gasteiger partial charge in [0.2, 0.25) is 10.0 Å². The summed E-state index contributed by atoms with van der Waals surface area (Å²) in [6.45, 7) is 0.443. The molecule has 0 bridgehead atoms. The van der Waals surface area contributed by atoms with Gasteiger partial charge in [-0.1, -0.05) is 30.3 Å². The molecule has 2 aromatic rings. The number of carbonyl (C=O) groups excluding carboxylic acids is 1. The zero-order valence-corrected chi connectivity index (χ0v) is 15.5. The molecule has 5 nitrogen and oxygen atoms in total. The number of hydrogen-bond donors (Lipinski definition) is 0. The van der Waals surface area contributed by atoms with Crippen LogP contribution in [0.25, 0.3) is 0 Å². The van der Waals surface area contributed by atoms with Gasteiger partial charge in [-0.15, -0.1) is 0 Å². The smallest absolute Gasteiger partial charge is 0.243 e. The summed E-state index contributed by atoms with van der Waals surface area (Å²) in [5.41, 5.74) is 0.894. The molecule has 0 amide bonds. The van der Waals surface area contributed by atoms with E-state index in [1.165, 1.54) is 22.5 Å². The fraction of sp³-hybridized carbons (Fsp3) is 0.350. The lowest BCUT2D eigenvalue weighted by atomic mass is 10.1. The molecule has 1 atom stereocenters. The molecule has 2 fully saturated rings. The molecule has 27 heavy (non-hydrogen) atoms. The van der Waals surface area contributed by atoms with Crippen molar-refractivity contribution in [3.05, 3.63) is 65.5 Å². The number of halogens is 1. The number of carbonyl (C=O) groups is 1. The number of benzene rings is 2. The molecule has 0 spiro atoms. The molecule has 142 valence electrons. The number of rotatable bonds is 5. The van der Waals surface area contributed by atoms with Gasteiger partial charge in [-0.05, 0) is 31.0 Å². The molecule has 1 heterocycles. The van der Waals surface area contributed by atoms with Gasteiger partial charge in [0.05, 0.1) is 17.6 Å². The third-order valence-electron chi connectivity index (χ3n) is 5.01.